The summed E-state index contributed by atoms with van der Waals surface area (Å²) in [7, 11) is 1.64. The van der Waals surface area contributed by atoms with Crippen LogP contribution < -0.4 is 9.64 Å². The van der Waals surface area contributed by atoms with E-state index in [0.717, 1.165) is 40.1 Å². The zero-order valence-corrected chi connectivity index (χ0v) is 15.4. The Bertz CT molecular complexity index is 855. The van der Waals surface area contributed by atoms with Gasteiger partial charge in [-0.15, -0.1) is 0 Å². The first kappa shape index (κ1) is 17.1. The fourth-order valence-electron chi connectivity index (χ4n) is 3.90. The lowest BCUT2D eigenvalue weighted by Crippen LogP contribution is -2.47. The molecule has 5 nitrogen and oxygen atoms in total. The highest BCUT2D eigenvalue weighted by Gasteiger charge is 2.56. The smallest absolute Gasteiger partial charge is 0.292 e. The monoisotopic (exact) mass is 353 g/mol. The summed E-state index contributed by atoms with van der Waals surface area (Å²) in [6.45, 7) is 5.46. The number of hydrogen-bond donors (Lipinski definition) is 0. The van der Waals surface area contributed by atoms with E-state index in [0.29, 0.717) is 19.8 Å². The molecule has 2 aliphatic rings. The molecule has 0 saturated carbocycles. The number of methoxy groups -OCH3 is 1. The van der Waals surface area contributed by atoms with Gasteiger partial charge < -0.3 is 19.1 Å². The number of ether oxygens (including phenoxy) is 3. The molecule has 2 heterocycles. The van der Waals surface area contributed by atoms with Crippen LogP contribution in [-0.4, -0.2) is 26.2 Å². The summed E-state index contributed by atoms with van der Waals surface area (Å²) in [4.78, 5) is 15.3. The lowest BCUT2D eigenvalue weighted by Gasteiger charge is -2.33. The number of amides is 1. The maximum atomic E-state index is 13.5. The van der Waals surface area contributed by atoms with Gasteiger partial charge in [0.15, 0.2) is 0 Å². The molecular formula is C21H23NO4. The molecule has 2 aliphatic heterocycles. The number of aryl methyl sites for hydroxylation is 2. The summed E-state index contributed by atoms with van der Waals surface area (Å²) in [6, 6.07) is 11.8. The number of para-hydroxylation sites is 1. The van der Waals surface area contributed by atoms with Crippen LogP contribution in [-0.2, 0) is 26.6 Å². The summed E-state index contributed by atoms with van der Waals surface area (Å²) in [5.41, 5.74) is 4.72. The van der Waals surface area contributed by atoms with Crippen LogP contribution in [0.25, 0.3) is 0 Å². The number of fused-ring (bicyclic) bond motifs is 2. The van der Waals surface area contributed by atoms with Crippen molar-refractivity contribution in [3.05, 3.63) is 58.7 Å². The summed E-state index contributed by atoms with van der Waals surface area (Å²) in [5, 5.41) is 0. The van der Waals surface area contributed by atoms with Gasteiger partial charge in [-0.3, -0.25) is 4.79 Å². The van der Waals surface area contributed by atoms with E-state index in [2.05, 4.69) is 0 Å². The molecule has 1 spiro atoms. The lowest BCUT2D eigenvalue weighted by molar-refractivity contribution is -0.257. The van der Waals surface area contributed by atoms with Gasteiger partial charge >= 0.3 is 0 Å². The van der Waals surface area contributed by atoms with Crippen molar-refractivity contribution < 1.29 is 19.0 Å². The van der Waals surface area contributed by atoms with Crippen molar-refractivity contribution in [3.8, 4) is 5.75 Å². The molecular weight excluding hydrogens is 330 g/mol. The number of hydrogen-bond acceptors (Lipinski definition) is 4. The molecule has 0 radical (unpaired) electrons. The van der Waals surface area contributed by atoms with Crippen LogP contribution in [0.4, 0.5) is 5.69 Å². The Balaban J connectivity index is 1.84. The van der Waals surface area contributed by atoms with Crippen molar-refractivity contribution in [2.45, 2.75) is 32.6 Å². The molecule has 26 heavy (non-hydrogen) atoms. The number of benzene rings is 2. The quantitative estimate of drug-likeness (QED) is 0.848. The molecule has 0 bridgehead atoms. The summed E-state index contributed by atoms with van der Waals surface area (Å²) < 4.78 is 17.4. The van der Waals surface area contributed by atoms with E-state index >= 15 is 0 Å². The molecule has 0 N–H and O–H groups in total. The largest absolute Gasteiger partial charge is 0.496 e. The topological polar surface area (TPSA) is 48.0 Å². The van der Waals surface area contributed by atoms with E-state index in [-0.39, 0.29) is 5.91 Å². The molecule has 1 fully saturated rings. The van der Waals surface area contributed by atoms with E-state index in [1.165, 1.54) is 0 Å². The SMILES string of the molecule is COc1ccccc1CN1C(=O)C2(OCCCO2)c2c(C)ccc(C)c21. The highest BCUT2D eigenvalue weighted by atomic mass is 16.7. The summed E-state index contributed by atoms with van der Waals surface area (Å²) >= 11 is 0. The van der Waals surface area contributed by atoms with Gasteiger partial charge in [-0.25, -0.2) is 0 Å². The fraction of sp³-hybridized carbons (Fsp3) is 0.381. The van der Waals surface area contributed by atoms with Crippen LogP contribution in [0.3, 0.4) is 0 Å². The number of rotatable bonds is 3. The van der Waals surface area contributed by atoms with Gasteiger partial charge in [0.1, 0.15) is 5.75 Å². The Morgan fingerprint density at radius 2 is 1.77 bits per heavy atom. The second-order valence-electron chi connectivity index (χ2n) is 6.79. The zero-order valence-electron chi connectivity index (χ0n) is 15.4. The Hall–Kier alpha value is -2.37. The van der Waals surface area contributed by atoms with Gasteiger partial charge in [-0.1, -0.05) is 30.3 Å². The predicted molar refractivity (Wildman–Crippen MR) is 98.3 cm³/mol. The number of anilines is 1. The van der Waals surface area contributed by atoms with Gasteiger partial charge in [-0.2, -0.15) is 0 Å². The molecule has 0 aliphatic carbocycles. The van der Waals surface area contributed by atoms with Crippen LogP contribution in [0, 0.1) is 13.8 Å². The lowest BCUT2D eigenvalue weighted by atomic mass is 9.97. The molecule has 1 saturated heterocycles. The van der Waals surface area contributed by atoms with Crippen LogP contribution in [0.5, 0.6) is 5.75 Å². The predicted octanol–water partition coefficient (Wildman–Crippen LogP) is 3.45. The van der Waals surface area contributed by atoms with Crippen molar-refractivity contribution in [2.24, 2.45) is 0 Å². The van der Waals surface area contributed by atoms with E-state index in [1.807, 2.05) is 50.2 Å². The Morgan fingerprint density at radius 1 is 1.08 bits per heavy atom. The van der Waals surface area contributed by atoms with E-state index in [9.17, 15) is 4.79 Å². The second-order valence-corrected chi connectivity index (χ2v) is 6.79. The van der Waals surface area contributed by atoms with Crippen molar-refractivity contribution >= 4 is 11.6 Å². The van der Waals surface area contributed by atoms with Crippen molar-refractivity contribution in [1.29, 1.82) is 0 Å². The first-order valence-electron chi connectivity index (χ1n) is 8.91. The number of carbonyl (C=O) groups excluding carboxylic acids is 1. The molecule has 136 valence electrons. The van der Waals surface area contributed by atoms with Crippen LogP contribution in [0.2, 0.25) is 0 Å². The molecule has 2 aromatic rings. The van der Waals surface area contributed by atoms with E-state index in [4.69, 9.17) is 14.2 Å². The third-order valence-corrected chi connectivity index (χ3v) is 5.13. The standard InChI is InChI=1S/C21H23NO4/c1-14-9-10-15(2)19-18(14)21(25-11-6-12-26-21)20(23)22(19)13-16-7-4-5-8-17(16)24-3/h4-5,7-10H,6,11-13H2,1-3H3. The maximum absolute atomic E-state index is 13.5. The minimum Gasteiger partial charge on any atom is -0.496 e. The van der Waals surface area contributed by atoms with Gasteiger partial charge in [0.25, 0.3) is 11.7 Å². The molecule has 0 unspecified atom stereocenters. The van der Waals surface area contributed by atoms with Crippen LogP contribution in [0.15, 0.2) is 36.4 Å². The molecule has 4 rings (SSSR count). The second kappa shape index (κ2) is 6.41. The molecule has 1 amide bonds. The highest BCUT2D eigenvalue weighted by Crippen LogP contribution is 2.49. The van der Waals surface area contributed by atoms with Crippen molar-refractivity contribution in [1.82, 2.24) is 0 Å². The first-order chi connectivity index (χ1) is 12.6. The van der Waals surface area contributed by atoms with E-state index in [1.54, 1.807) is 12.0 Å². The fourth-order valence-corrected chi connectivity index (χ4v) is 3.90. The van der Waals surface area contributed by atoms with Gasteiger partial charge in [0.2, 0.25) is 0 Å². The molecule has 2 aromatic carbocycles. The minimum absolute atomic E-state index is 0.157. The zero-order chi connectivity index (χ0) is 18.3. The van der Waals surface area contributed by atoms with Crippen molar-refractivity contribution in [3.63, 3.8) is 0 Å². The summed E-state index contributed by atoms with van der Waals surface area (Å²) in [5.74, 6) is -0.708. The third-order valence-electron chi connectivity index (χ3n) is 5.13. The average Bonchev–Trinajstić information content (AvgIpc) is 2.90. The van der Waals surface area contributed by atoms with Gasteiger partial charge in [-0.05, 0) is 37.5 Å². The number of nitrogens with zero attached hydrogens (tertiary/aromatic N) is 1. The number of carbonyl (C=O) groups is 1. The Morgan fingerprint density at radius 3 is 2.50 bits per heavy atom. The van der Waals surface area contributed by atoms with Gasteiger partial charge in [0.05, 0.1) is 32.6 Å². The van der Waals surface area contributed by atoms with Crippen molar-refractivity contribution in [2.75, 3.05) is 25.2 Å². The Kier molecular flexibility index (Phi) is 4.21. The van der Waals surface area contributed by atoms with E-state index < -0.39 is 5.79 Å². The minimum atomic E-state index is -1.31. The average molecular weight is 353 g/mol. The normalized spacial score (nSPS) is 18.3. The third kappa shape index (κ3) is 2.42. The first-order valence-corrected chi connectivity index (χ1v) is 8.91. The molecule has 0 aromatic heterocycles. The molecule has 5 heteroatoms. The molecule has 0 atom stereocenters. The maximum Gasteiger partial charge on any atom is 0.292 e. The summed E-state index contributed by atoms with van der Waals surface area (Å²) in [6.07, 6.45) is 0.793. The Labute approximate surface area is 153 Å². The van der Waals surface area contributed by atoms with Crippen LogP contribution in [0.1, 0.15) is 28.7 Å². The highest BCUT2D eigenvalue weighted by molar-refractivity contribution is 6.07. The van der Waals surface area contributed by atoms with Crippen LogP contribution >= 0.6 is 0 Å². The van der Waals surface area contributed by atoms with Gasteiger partial charge in [0, 0.05) is 11.1 Å².